The number of carbonyl (C=O) groups excluding carboxylic acids is 1. The number of hydrogen-bond donors (Lipinski definition) is 0. The molecule has 1 rings (SSSR count). The van der Waals surface area contributed by atoms with Gasteiger partial charge in [-0.25, -0.2) is 4.79 Å². The molecule has 0 N–H and O–H groups in total. The predicted octanol–water partition coefficient (Wildman–Crippen LogP) is 2.17. The van der Waals surface area contributed by atoms with Gasteiger partial charge in [-0.2, -0.15) is 8.42 Å². The minimum Gasteiger partial charge on any atom is -0.463 e. The van der Waals surface area contributed by atoms with Gasteiger partial charge in [0.05, 0.1) is 12.7 Å². The summed E-state index contributed by atoms with van der Waals surface area (Å²) in [7, 11) is -3.91. The Kier molecular flexibility index (Phi) is 5.11. The van der Waals surface area contributed by atoms with Crippen LogP contribution in [-0.4, -0.2) is 21.0 Å². The summed E-state index contributed by atoms with van der Waals surface area (Å²) in [6.07, 6.45) is 0.995. The molecule has 0 aliphatic heterocycles. The second-order valence-corrected chi connectivity index (χ2v) is 5.40. The van der Waals surface area contributed by atoms with Crippen LogP contribution in [0.1, 0.15) is 19.4 Å². The Bertz CT molecular complexity index is 570. The van der Waals surface area contributed by atoms with Gasteiger partial charge in [0.1, 0.15) is 10.7 Å². The van der Waals surface area contributed by atoms with Gasteiger partial charge in [0.25, 0.3) is 0 Å². The fourth-order valence-corrected chi connectivity index (χ4v) is 2.26. The number of hydrogen-bond acceptors (Lipinski definition) is 5. The molecule has 0 bridgehead atoms. The van der Waals surface area contributed by atoms with Crippen LogP contribution in [0.2, 0.25) is 0 Å². The number of allylic oxidation sites excluding steroid dienone is 1. The van der Waals surface area contributed by atoms with Gasteiger partial charge in [0, 0.05) is 0 Å². The first-order chi connectivity index (χ1) is 8.85. The number of ether oxygens (including phenoxy) is 1. The van der Waals surface area contributed by atoms with E-state index in [1.54, 1.807) is 19.1 Å². The first-order valence-electron chi connectivity index (χ1n) is 5.71. The molecule has 0 atom stereocenters. The molecule has 0 fully saturated rings. The van der Waals surface area contributed by atoms with E-state index in [2.05, 4.69) is 4.74 Å². The Balaban J connectivity index is 2.85. The van der Waals surface area contributed by atoms with Crippen molar-refractivity contribution in [1.29, 1.82) is 0 Å². The first kappa shape index (κ1) is 15.2. The molecule has 0 heterocycles. The molecular weight excluding hydrogens is 268 g/mol. The van der Waals surface area contributed by atoms with Crippen LogP contribution in [0.4, 0.5) is 0 Å². The second kappa shape index (κ2) is 6.38. The number of benzene rings is 1. The summed E-state index contributed by atoms with van der Waals surface area (Å²) in [5.41, 5.74) is 0.942. The molecule has 0 aliphatic carbocycles. The van der Waals surface area contributed by atoms with E-state index in [1.807, 2.05) is 6.92 Å². The van der Waals surface area contributed by atoms with Crippen molar-refractivity contribution in [3.05, 3.63) is 41.7 Å². The lowest BCUT2D eigenvalue weighted by Crippen LogP contribution is -2.07. The van der Waals surface area contributed by atoms with Crippen molar-refractivity contribution in [3.8, 4) is 0 Å². The maximum Gasteiger partial charge on any atom is 0.338 e. The topological polar surface area (TPSA) is 69.7 Å². The quantitative estimate of drug-likeness (QED) is 0.359. The minimum absolute atomic E-state index is 0.0368. The lowest BCUT2D eigenvalue weighted by molar-refractivity contribution is -0.137. The Morgan fingerprint density at radius 1 is 1.26 bits per heavy atom. The monoisotopic (exact) mass is 284 g/mol. The molecule has 0 aliphatic rings. The van der Waals surface area contributed by atoms with Gasteiger partial charge >= 0.3 is 16.1 Å². The van der Waals surface area contributed by atoms with Crippen molar-refractivity contribution in [2.75, 3.05) is 6.61 Å². The van der Waals surface area contributed by atoms with E-state index >= 15 is 0 Å². The smallest absolute Gasteiger partial charge is 0.338 e. The molecule has 1 aromatic rings. The van der Waals surface area contributed by atoms with Crippen LogP contribution in [0.15, 0.2) is 41.0 Å². The van der Waals surface area contributed by atoms with E-state index in [4.69, 9.17) is 4.18 Å². The van der Waals surface area contributed by atoms with Crippen LogP contribution in [0.5, 0.6) is 0 Å². The molecule has 0 aromatic heterocycles. The minimum atomic E-state index is -3.91. The van der Waals surface area contributed by atoms with E-state index in [1.165, 1.54) is 19.1 Å². The average Bonchev–Trinajstić information content (AvgIpc) is 2.28. The van der Waals surface area contributed by atoms with E-state index in [0.29, 0.717) is 0 Å². The summed E-state index contributed by atoms with van der Waals surface area (Å²) < 4.78 is 33.2. The highest BCUT2D eigenvalue weighted by Gasteiger charge is 2.16. The predicted molar refractivity (Wildman–Crippen MR) is 69.8 cm³/mol. The Morgan fingerprint density at radius 3 is 2.37 bits per heavy atom. The van der Waals surface area contributed by atoms with Gasteiger partial charge < -0.3 is 8.92 Å². The van der Waals surface area contributed by atoms with Crippen LogP contribution in [-0.2, 0) is 23.8 Å². The molecule has 6 heteroatoms. The third kappa shape index (κ3) is 4.75. The lowest BCUT2D eigenvalue weighted by atomic mass is 10.2. The molecule has 0 radical (unpaired) electrons. The summed E-state index contributed by atoms with van der Waals surface area (Å²) in [5.74, 6) is -0.682. The zero-order chi connectivity index (χ0) is 14.5. The van der Waals surface area contributed by atoms with Gasteiger partial charge in [0.15, 0.2) is 0 Å². The van der Waals surface area contributed by atoms with Crippen molar-refractivity contribution >= 4 is 16.1 Å². The highest BCUT2D eigenvalue weighted by molar-refractivity contribution is 7.86. The molecule has 19 heavy (non-hydrogen) atoms. The molecule has 0 unspecified atom stereocenters. The summed E-state index contributed by atoms with van der Waals surface area (Å²) in [5, 5.41) is 0. The molecule has 0 saturated carbocycles. The van der Waals surface area contributed by atoms with Crippen LogP contribution in [0, 0.1) is 6.92 Å². The first-order valence-corrected chi connectivity index (χ1v) is 7.12. The fourth-order valence-electron chi connectivity index (χ4n) is 1.30. The largest absolute Gasteiger partial charge is 0.463 e. The maximum atomic E-state index is 11.9. The van der Waals surface area contributed by atoms with Crippen molar-refractivity contribution in [3.63, 3.8) is 0 Å². The van der Waals surface area contributed by atoms with Gasteiger partial charge in [0.2, 0.25) is 0 Å². The van der Waals surface area contributed by atoms with Crippen LogP contribution < -0.4 is 0 Å². The van der Waals surface area contributed by atoms with Crippen LogP contribution in [0.25, 0.3) is 0 Å². The van der Waals surface area contributed by atoms with E-state index < -0.39 is 16.1 Å². The highest BCUT2D eigenvalue weighted by Crippen LogP contribution is 2.16. The van der Waals surface area contributed by atoms with Gasteiger partial charge in [-0.3, -0.25) is 0 Å². The molecule has 0 spiro atoms. The highest BCUT2D eigenvalue weighted by atomic mass is 32.2. The third-order valence-electron chi connectivity index (χ3n) is 2.16. The Labute approximate surface area is 113 Å². The average molecular weight is 284 g/mol. The molecule has 5 nitrogen and oxygen atoms in total. The number of aryl methyl sites for hydroxylation is 1. The summed E-state index contributed by atoms with van der Waals surface area (Å²) in [4.78, 5) is 11.2. The normalized spacial score (nSPS) is 12.1. The molecule has 0 amide bonds. The zero-order valence-corrected chi connectivity index (χ0v) is 11.9. The molecular formula is C13H16O5S. The van der Waals surface area contributed by atoms with E-state index in [9.17, 15) is 13.2 Å². The fraction of sp³-hybridized carbons (Fsp3) is 0.308. The maximum absolute atomic E-state index is 11.9. The van der Waals surface area contributed by atoms with Crippen LogP contribution >= 0.6 is 0 Å². The van der Waals surface area contributed by atoms with Gasteiger partial charge in [-0.15, -0.1) is 0 Å². The van der Waals surface area contributed by atoms with Gasteiger partial charge in [-0.05, 0) is 32.9 Å². The number of esters is 1. The third-order valence-corrected chi connectivity index (χ3v) is 3.49. The summed E-state index contributed by atoms with van der Waals surface area (Å²) in [6.45, 7) is 5.10. The van der Waals surface area contributed by atoms with Crippen LogP contribution in [0.3, 0.4) is 0 Å². The van der Waals surface area contributed by atoms with E-state index in [-0.39, 0.29) is 17.3 Å². The standard InChI is InChI=1S/C13H16O5S/c1-4-17-13(14)9-11(3)18-19(15,16)12-7-5-10(2)6-8-12/h5-9H,4H2,1-3H3/b11-9+. The molecule has 0 saturated heterocycles. The number of carbonyl (C=O) groups is 1. The molecule has 1 aromatic carbocycles. The second-order valence-electron chi connectivity index (χ2n) is 3.86. The Hall–Kier alpha value is -1.82. The summed E-state index contributed by atoms with van der Waals surface area (Å²) >= 11 is 0. The SMILES string of the molecule is CCOC(=O)/C=C(\C)OS(=O)(=O)c1ccc(C)cc1. The zero-order valence-electron chi connectivity index (χ0n) is 11.0. The molecule has 104 valence electrons. The van der Waals surface area contributed by atoms with Gasteiger partial charge in [-0.1, -0.05) is 17.7 Å². The van der Waals surface area contributed by atoms with E-state index in [0.717, 1.165) is 11.6 Å². The lowest BCUT2D eigenvalue weighted by Gasteiger charge is -2.07. The Morgan fingerprint density at radius 2 is 1.84 bits per heavy atom. The van der Waals surface area contributed by atoms with Crippen molar-refractivity contribution in [2.45, 2.75) is 25.7 Å². The number of rotatable bonds is 5. The van der Waals surface area contributed by atoms with Crippen molar-refractivity contribution in [1.82, 2.24) is 0 Å². The van der Waals surface area contributed by atoms with Crippen molar-refractivity contribution < 1.29 is 22.1 Å². The summed E-state index contributed by atoms with van der Waals surface area (Å²) in [6, 6.07) is 6.23. The van der Waals surface area contributed by atoms with Crippen molar-refractivity contribution in [2.24, 2.45) is 0 Å².